The van der Waals surface area contributed by atoms with Crippen LogP contribution < -0.4 is 16.2 Å². The molecule has 1 saturated carbocycles. The lowest BCUT2D eigenvalue weighted by atomic mass is 9.93. The van der Waals surface area contributed by atoms with Crippen molar-refractivity contribution in [3.63, 3.8) is 0 Å². The van der Waals surface area contributed by atoms with Gasteiger partial charge in [0.2, 0.25) is 0 Å². The van der Waals surface area contributed by atoms with Crippen LogP contribution in [0.3, 0.4) is 0 Å². The zero-order valence-electron chi connectivity index (χ0n) is 16.4. The molecule has 1 aliphatic carbocycles. The zero-order valence-corrected chi connectivity index (χ0v) is 17.2. The molecule has 152 valence electrons. The highest BCUT2D eigenvalue weighted by molar-refractivity contribution is 6.35. The summed E-state index contributed by atoms with van der Waals surface area (Å²) in [6, 6.07) is 5.76. The molecule has 0 aromatic carbocycles. The van der Waals surface area contributed by atoms with E-state index in [4.69, 9.17) is 11.6 Å². The van der Waals surface area contributed by atoms with Crippen molar-refractivity contribution < 1.29 is 5.11 Å². The van der Waals surface area contributed by atoms with E-state index in [9.17, 15) is 9.90 Å². The molecule has 0 bridgehead atoms. The Balaban J connectivity index is 1.78. The molecule has 0 spiro atoms. The first-order valence-electron chi connectivity index (χ1n) is 9.75. The first kappa shape index (κ1) is 19.7. The molecule has 1 aliphatic rings. The van der Waals surface area contributed by atoms with Crippen LogP contribution in [0.25, 0.3) is 10.8 Å². The minimum absolute atomic E-state index is 0.144. The predicted octanol–water partition coefficient (Wildman–Crippen LogP) is 3.75. The van der Waals surface area contributed by atoms with Crippen LogP contribution in [0, 0.1) is 6.92 Å². The lowest BCUT2D eigenvalue weighted by Gasteiger charge is -2.27. The van der Waals surface area contributed by atoms with Crippen molar-refractivity contribution in [2.45, 2.75) is 44.8 Å². The molecule has 0 unspecified atom stereocenters. The molecule has 0 aliphatic heterocycles. The third-order valence-electron chi connectivity index (χ3n) is 5.33. The quantitative estimate of drug-likeness (QED) is 0.603. The maximum atomic E-state index is 12.9. The molecule has 8 heteroatoms. The van der Waals surface area contributed by atoms with E-state index < -0.39 is 0 Å². The van der Waals surface area contributed by atoms with Gasteiger partial charge in [-0.15, -0.1) is 0 Å². The largest absolute Gasteiger partial charge is 0.393 e. The van der Waals surface area contributed by atoms with Gasteiger partial charge in [0.25, 0.3) is 5.56 Å². The molecule has 3 aromatic heterocycles. The van der Waals surface area contributed by atoms with Crippen LogP contribution in [0.2, 0.25) is 5.02 Å². The normalized spacial score (nSPS) is 19.3. The Morgan fingerprint density at radius 2 is 1.97 bits per heavy atom. The van der Waals surface area contributed by atoms with Gasteiger partial charge in [0.1, 0.15) is 17.5 Å². The van der Waals surface area contributed by atoms with Gasteiger partial charge in [0.05, 0.1) is 16.5 Å². The molecule has 0 saturated heterocycles. The number of rotatable bonds is 4. The Morgan fingerprint density at radius 3 is 2.69 bits per heavy atom. The fourth-order valence-electron chi connectivity index (χ4n) is 3.74. The van der Waals surface area contributed by atoms with Crippen LogP contribution in [-0.4, -0.2) is 31.8 Å². The summed E-state index contributed by atoms with van der Waals surface area (Å²) in [5, 5.41) is 18.0. The van der Waals surface area contributed by atoms with E-state index in [2.05, 4.69) is 20.6 Å². The lowest BCUT2D eigenvalue weighted by molar-refractivity contribution is 0.126. The first-order valence-corrected chi connectivity index (χ1v) is 10.1. The first-order chi connectivity index (χ1) is 13.9. The third-order valence-corrected chi connectivity index (χ3v) is 5.63. The highest BCUT2D eigenvalue weighted by Gasteiger charge is 2.22. The predicted molar refractivity (Wildman–Crippen MR) is 116 cm³/mol. The van der Waals surface area contributed by atoms with Crippen molar-refractivity contribution >= 4 is 39.8 Å². The van der Waals surface area contributed by atoms with E-state index in [1.807, 2.05) is 19.1 Å². The third kappa shape index (κ3) is 4.21. The van der Waals surface area contributed by atoms with Crippen molar-refractivity contribution in [3.05, 3.63) is 51.5 Å². The number of nitrogens with one attached hydrogen (secondary N) is 2. The van der Waals surface area contributed by atoms with E-state index in [0.717, 1.165) is 31.2 Å². The summed E-state index contributed by atoms with van der Waals surface area (Å²) in [6.07, 6.45) is 6.21. The maximum Gasteiger partial charge on any atom is 0.262 e. The van der Waals surface area contributed by atoms with E-state index in [0.29, 0.717) is 33.2 Å². The van der Waals surface area contributed by atoms with Crippen LogP contribution in [0.15, 0.2) is 35.4 Å². The van der Waals surface area contributed by atoms with Crippen LogP contribution in [0.5, 0.6) is 0 Å². The summed E-state index contributed by atoms with van der Waals surface area (Å²) in [7, 11) is 1.68. The molecular formula is C21H24ClN5O2. The summed E-state index contributed by atoms with van der Waals surface area (Å²) >= 11 is 6.48. The minimum Gasteiger partial charge on any atom is -0.393 e. The van der Waals surface area contributed by atoms with Crippen LogP contribution >= 0.6 is 11.6 Å². The summed E-state index contributed by atoms with van der Waals surface area (Å²) < 4.78 is 1.47. The Bertz CT molecular complexity index is 1110. The van der Waals surface area contributed by atoms with Gasteiger partial charge in [0.15, 0.2) is 0 Å². The van der Waals surface area contributed by atoms with Gasteiger partial charge < -0.3 is 20.3 Å². The molecule has 7 nitrogen and oxygen atoms in total. The number of fused-ring (bicyclic) bond motifs is 1. The highest BCUT2D eigenvalue weighted by atomic mass is 35.5. The number of aryl methyl sites for hydroxylation is 2. The molecule has 0 radical (unpaired) electrons. The fourth-order valence-corrected chi connectivity index (χ4v) is 4.04. The smallest absolute Gasteiger partial charge is 0.262 e. The monoisotopic (exact) mass is 413 g/mol. The second-order valence-electron chi connectivity index (χ2n) is 7.66. The molecule has 3 aromatic rings. The molecule has 29 heavy (non-hydrogen) atoms. The number of aliphatic hydroxyl groups is 1. The second kappa shape index (κ2) is 8.00. The van der Waals surface area contributed by atoms with E-state index in [1.54, 1.807) is 25.5 Å². The maximum absolute atomic E-state index is 12.9. The summed E-state index contributed by atoms with van der Waals surface area (Å²) in [6.45, 7) is 1.99. The SMILES string of the molecule is Cc1ccnc(Nc2cc3c(Cl)cn(C)c(=O)c3c(N[C@H]3CC[C@@H](O)CC3)n2)c1. The molecule has 3 N–H and O–H groups in total. The van der Waals surface area contributed by atoms with Crippen LogP contribution in [0.1, 0.15) is 31.2 Å². The summed E-state index contributed by atoms with van der Waals surface area (Å²) in [4.78, 5) is 21.9. The Kier molecular flexibility index (Phi) is 5.43. The van der Waals surface area contributed by atoms with Crippen molar-refractivity contribution in [2.24, 2.45) is 7.05 Å². The van der Waals surface area contributed by atoms with E-state index >= 15 is 0 Å². The number of halogens is 1. The summed E-state index contributed by atoms with van der Waals surface area (Å²) in [5.41, 5.74) is 0.921. The number of pyridine rings is 3. The molecule has 3 heterocycles. The van der Waals surface area contributed by atoms with Gasteiger partial charge in [-0.25, -0.2) is 9.97 Å². The van der Waals surface area contributed by atoms with E-state index in [-0.39, 0.29) is 17.7 Å². The average molecular weight is 414 g/mol. The Morgan fingerprint density at radius 1 is 1.21 bits per heavy atom. The molecule has 1 fully saturated rings. The van der Waals surface area contributed by atoms with E-state index in [1.165, 1.54) is 4.57 Å². The number of aliphatic hydroxyl groups excluding tert-OH is 1. The standard InChI is InChI=1S/C21H24ClN5O2/c1-12-7-8-23-17(9-12)25-18-10-15-16(22)11-27(2)21(29)19(15)20(26-18)24-13-3-5-14(28)6-4-13/h7-11,13-14,28H,3-6H2,1-2H3,(H2,23,24,25,26)/t13-,14+. The van der Waals surface area contributed by atoms with Gasteiger partial charge in [-0.05, 0) is 56.4 Å². The molecular weight excluding hydrogens is 390 g/mol. The van der Waals surface area contributed by atoms with Gasteiger partial charge in [-0.1, -0.05) is 11.6 Å². The highest BCUT2D eigenvalue weighted by Crippen LogP contribution is 2.31. The summed E-state index contributed by atoms with van der Waals surface area (Å²) in [5.74, 6) is 1.73. The Hall–Kier alpha value is -2.64. The minimum atomic E-state index is -0.250. The number of anilines is 3. The van der Waals surface area contributed by atoms with Crippen LogP contribution in [0.4, 0.5) is 17.5 Å². The Labute approximate surface area is 173 Å². The molecule has 4 rings (SSSR count). The van der Waals surface area contributed by atoms with Gasteiger partial charge >= 0.3 is 0 Å². The van der Waals surface area contributed by atoms with Gasteiger partial charge in [-0.3, -0.25) is 4.79 Å². The van der Waals surface area contributed by atoms with Crippen molar-refractivity contribution in [3.8, 4) is 0 Å². The number of nitrogens with zero attached hydrogens (tertiary/aromatic N) is 3. The second-order valence-corrected chi connectivity index (χ2v) is 8.07. The van der Waals surface area contributed by atoms with Gasteiger partial charge in [-0.2, -0.15) is 0 Å². The average Bonchev–Trinajstić information content (AvgIpc) is 2.68. The number of aromatic nitrogens is 3. The number of hydrogen-bond acceptors (Lipinski definition) is 6. The topological polar surface area (TPSA) is 92.1 Å². The van der Waals surface area contributed by atoms with Crippen molar-refractivity contribution in [1.29, 1.82) is 0 Å². The molecule has 0 amide bonds. The van der Waals surface area contributed by atoms with Crippen molar-refractivity contribution in [1.82, 2.24) is 14.5 Å². The number of hydrogen-bond donors (Lipinski definition) is 3. The van der Waals surface area contributed by atoms with Gasteiger partial charge in [0, 0.05) is 30.9 Å². The fraction of sp³-hybridized carbons (Fsp3) is 0.381. The van der Waals surface area contributed by atoms with Crippen LogP contribution in [-0.2, 0) is 7.05 Å². The molecule has 0 atom stereocenters. The zero-order chi connectivity index (χ0) is 20.5. The lowest BCUT2D eigenvalue weighted by Crippen LogP contribution is -2.29. The van der Waals surface area contributed by atoms with Crippen molar-refractivity contribution in [2.75, 3.05) is 10.6 Å².